The molecule has 3 amide bonds. The summed E-state index contributed by atoms with van der Waals surface area (Å²) in [5.41, 5.74) is -0.195. The van der Waals surface area contributed by atoms with Gasteiger partial charge >= 0.3 is 12.0 Å². The number of nitrogens with zero attached hydrogens (tertiary/aromatic N) is 1. The second-order valence-electron chi connectivity index (χ2n) is 6.18. The van der Waals surface area contributed by atoms with Crippen LogP contribution in [0, 0.1) is 12.8 Å². The molecule has 2 aliphatic rings. The molecule has 23 heavy (non-hydrogen) atoms. The van der Waals surface area contributed by atoms with Gasteiger partial charge in [-0.25, -0.2) is 9.59 Å². The molecule has 0 bridgehead atoms. The van der Waals surface area contributed by atoms with Crippen LogP contribution in [0.5, 0.6) is 5.75 Å². The second-order valence-corrected chi connectivity index (χ2v) is 6.62. The number of ether oxygens (including phenoxy) is 1. The van der Waals surface area contributed by atoms with E-state index in [2.05, 4.69) is 5.32 Å². The van der Waals surface area contributed by atoms with Gasteiger partial charge in [0, 0.05) is 5.02 Å². The quantitative estimate of drug-likeness (QED) is 0.520. The van der Waals surface area contributed by atoms with Crippen molar-refractivity contribution in [2.24, 2.45) is 5.92 Å². The predicted octanol–water partition coefficient (Wildman–Crippen LogP) is 2.27. The molecule has 3 rings (SSSR count). The minimum absolute atomic E-state index is 0.151. The van der Waals surface area contributed by atoms with E-state index in [4.69, 9.17) is 16.3 Å². The molecule has 1 aromatic carbocycles. The van der Waals surface area contributed by atoms with Gasteiger partial charge in [0.05, 0.1) is 0 Å². The van der Waals surface area contributed by atoms with Crippen LogP contribution >= 0.6 is 11.6 Å². The molecule has 1 aromatic rings. The first-order chi connectivity index (χ1) is 10.8. The zero-order valence-electron chi connectivity index (χ0n) is 12.9. The number of nitrogens with one attached hydrogen (secondary N) is 1. The number of carbonyl (C=O) groups excluding carboxylic acids is 3. The summed E-state index contributed by atoms with van der Waals surface area (Å²) >= 11 is 5.85. The summed E-state index contributed by atoms with van der Waals surface area (Å²) in [6, 6.07) is 4.31. The third-order valence-corrected chi connectivity index (χ3v) is 4.58. The fraction of sp³-hybridized carbons (Fsp3) is 0.438. The Labute approximate surface area is 138 Å². The fourth-order valence-electron chi connectivity index (χ4n) is 2.81. The highest BCUT2D eigenvalue weighted by atomic mass is 35.5. The molecule has 1 saturated carbocycles. The molecule has 0 spiro atoms. The highest BCUT2D eigenvalue weighted by Crippen LogP contribution is 2.42. The van der Waals surface area contributed by atoms with Crippen molar-refractivity contribution in [1.29, 1.82) is 0 Å². The zero-order valence-corrected chi connectivity index (χ0v) is 13.6. The first-order valence-electron chi connectivity index (χ1n) is 7.42. The first kappa shape index (κ1) is 15.8. The average Bonchev–Trinajstić information content (AvgIpc) is 3.28. The van der Waals surface area contributed by atoms with Crippen LogP contribution in [0.1, 0.15) is 25.3 Å². The van der Waals surface area contributed by atoms with E-state index in [0.717, 1.165) is 17.7 Å². The standard InChI is InChI=1S/C16H17ClN2O4/c1-9-7-11(17)5-6-12(9)23-13(20)8-19-14(21)16(2,10-3-4-10)18-15(19)22/h5-7,10H,3-4,8H2,1-2H3,(H,18,22). The number of benzene rings is 1. The van der Waals surface area contributed by atoms with E-state index < -0.39 is 24.1 Å². The average molecular weight is 337 g/mol. The van der Waals surface area contributed by atoms with E-state index in [9.17, 15) is 14.4 Å². The molecule has 122 valence electrons. The Morgan fingerprint density at radius 2 is 2.13 bits per heavy atom. The smallest absolute Gasteiger partial charge is 0.331 e. The third-order valence-electron chi connectivity index (χ3n) is 4.34. The lowest BCUT2D eigenvalue weighted by Gasteiger charge is -2.20. The molecule has 7 heteroatoms. The zero-order chi connectivity index (χ0) is 16.8. The van der Waals surface area contributed by atoms with Gasteiger partial charge in [0.2, 0.25) is 0 Å². The van der Waals surface area contributed by atoms with Gasteiger partial charge < -0.3 is 10.1 Å². The molecule has 1 N–H and O–H groups in total. The molecule has 1 heterocycles. The molecule has 0 aromatic heterocycles. The van der Waals surface area contributed by atoms with Crippen molar-refractivity contribution in [1.82, 2.24) is 10.2 Å². The summed E-state index contributed by atoms with van der Waals surface area (Å²) in [6.07, 6.45) is 1.82. The number of carbonyl (C=O) groups is 3. The van der Waals surface area contributed by atoms with Crippen LogP contribution in [-0.4, -0.2) is 34.9 Å². The van der Waals surface area contributed by atoms with E-state index in [1.807, 2.05) is 0 Å². The molecule has 1 unspecified atom stereocenters. The molecule has 1 aliphatic carbocycles. The van der Waals surface area contributed by atoms with E-state index >= 15 is 0 Å². The molecule has 2 fully saturated rings. The number of amides is 3. The summed E-state index contributed by atoms with van der Waals surface area (Å²) in [5, 5.41) is 3.23. The van der Waals surface area contributed by atoms with E-state index in [0.29, 0.717) is 16.3 Å². The van der Waals surface area contributed by atoms with Crippen LogP contribution in [0.2, 0.25) is 5.02 Å². The number of imide groups is 1. The minimum atomic E-state index is -0.895. The number of esters is 1. The maximum Gasteiger partial charge on any atom is 0.331 e. The number of hydrogen-bond donors (Lipinski definition) is 1. The van der Waals surface area contributed by atoms with Gasteiger partial charge in [0.1, 0.15) is 17.8 Å². The van der Waals surface area contributed by atoms with Crippen molar-refractivity contribution in [2.75, 3.05) is 6.54 Å². The molecular formula is C16H17ClN2O4. The van der Waals surface area contributed by atoms with Crippen molar-refractivity contribution in [3.63, 3.8) is 0 Å². The number of rotatable bonds is 4. The largest absolute Gasteiger partial charge is 0.425 e. The van der Waals surface area contributed by atoms with Gasteiger partial charge in [-0.15, -0.1) is 0 Å². The summed E-state index contributed by atoms with van der Waals surface area (Å²) in [5.74, 6) is -0.524. The molecule has 6 nitrogen and oxygen atoms in total. The van der Waals surface area contributed by atoms with Crippen molar-refractivity contribution in [2.45, 2.75) is 32.2 Å². The van der Waals surface area contributed by atoms with E-state index in [1.165, 1.54) is 0 Å². The van der Waals surface area contributed by atoms with E-state index in [1.54, 1.807) is 32.0 Å². The van der Waals surface area contributed by atoms with Crippen molar-refractivity contribution in [3.8, 4) is 5.75 Å². The normalized spacial score (nSPS) is 23.9. The summed E-state index contributed by atoms with van der Waals surface area (Å²) in [4.78, 5) is 37.4. The van der Waals surface area contributed by atoms with Crippen LogP contribution < -0.4 is 10.1 Å². The van der Waals surface area contributed by atoms with Crippen LogP contribution in [-0.2, 0) is 9.59 Å². The highest BCUT2D eigenvalue weighted by molar-refractivity contribution is 6.30. The number of aryl methyl sites for hydroxylation is 1. The lowest BCUT2D eigenvalue weighted by Crippen LogP contribution is -2.46. The van der Waals surface area contributed by atoms with Crippen LogP contribution in [0.4, 0.5) is 4.79 Å². The van der Waals surface area contributed by atoms with Gasteiger partial charge in [0.15, 0.2) is 0 Å². The topological polar surface area (TPSA) is 75.7 Å². The van der Waals surface area contributed by atoms with Gasteiger partial charge in [-0.2, -0.15) is 0 Å². The predicted molar refractivity (Wildman–Crippen MR) is 83.2 cm³/mol. The monoisotopic (exact) mass is 336 g/mol. The van der Waals surface area contributed by atoms with Crippen molar-refractivity contribution >= 4 is 29.5 Å². The molecule has 1 atom stereocenters. The Balaban J connectivity index is 1.68. The van der Waals surface area contributed by atoms with Gasteiger partial charge in [-0.3, -0.25) is 9.69 Å². The Bertz CT molecular complexity index is 701. The van der Waals surface area contributed by atoms with E-state index in [-0.39, 0.29) is 11.8 Å². The lowest BCUT2D eigenvalue weighted by atomic mass is 9.96. The van der Waals surface area contributed by atoms with Crippen LogP contribution in [0.25, 0.3) is 0 Å². The Morgan fingerprint density at radius 3 is 2.74 bits per heavy atom. The van der Waals surface area contributed by atoms with Crippen LogP contribution in [0.3, 0.4) is 0 Å². The van der Waals surface area contributed by atoms with Gasteiger partial charge in [-0.05, 0) is 56.4 Å². The molecule has 1 aliphatic heterocycles. The van der Waals surface area contributed by atoms with Gasteiger partial charge in [-0.1, -0.05) is 11.6 Å². The Morgan fingerprint density at radius 1 is 1.43 bits per heavy atom. The number of hydrogen-bond acceptors (Lipinski definition) is 4. The summed E-state index contributed by atoms with van der Waals surface area (Å²) < 4.78 is 5.23. The Hall–Kier alpha value is -2.08. The second kappa shape index (κ2) is 5.53. The molecule has 1 saturated heterocycles. The molecule has 0 radical (unpaired) electrons. The fourth-order valence-corrected chi connectivity index (χ4v) is 3.03. The third kappa shape index (κ3) is 2.91. The lowest BCUT2D eigenvalue weighted by molar-refractivity contribution is -0.141. The Kier molecular flexibility index (Phi) is 3.80. The van der Waals surface area contributed by atoms with Crippen LogP contribution in [0.15, 0.2) is 18.2 Å². The summed E-state index contributed by atoms with van der Waals surface area (Å²) in [7, 11) is 0. The van der Waals surface area contributed by atoms with Gasteiger partial charge in [0.25, 0.3) is 5.91 Å². The van der Waals surface area contributed by atoms with Crippen molar-refractivity contribution < 1.29 is 19.1 Å². The molecular weight excluding hydrogens is 320 g/mol. The summed E-state index contributed by atoms with van der Waals surface area (Å²) in [6.45, 7) is 3.06. The van der Waals surface area contributed by atoms with Crippen molar-refractivity contribution in [3.05, 3.63) is 28.8 Å². The number of urea groups is 1. The maximum absolute atomic E-state index is 12.4. The maximum atomic E-state index is 12.4. The first-order valence-corrected chi connectivity index (χ1v) is 7.80. The minimum Gasteiger partial charge on any atom is -0.425 e. The number of halogens is 1. The SMILES string of the molecule is Cc1cc(Cl)ccc1OC(=O)CN1C(=O)NC(C)(C2CC2)C1=O. The highest BCUT2D eigenvalue weighted by Gasteiger charge is 2.56.